The van der Waals surface area contributed by atoms with Crippen LogP contribution in [-0.4, -0.2) is 17.1 Å². The van der Waals surface area contributed by atoms with Gasteiger partial charge in [0, 0.05) is 18.7 Å². The van der Waals surface area contributed by atoms with E-state index in [0.717, 1.165) is 27.8 Å². The number of rotatable bonds is 4. The second-order valence-electron chi connectivity index (χ2n) is 5.01. The van der Waals surface area contributed by atoms with Crippen LogP contribution >= 0.6 is 11.6 Å². The van der Waals surface area contributed by atoms with Gasteiger partial charge in [0.2, 0.25) is 0 Å². The lowest BCUT2D eigenvalue weighted by atomic mass is 10.0. The number of anilines is 2. The van der Waals surface area contributed by atoms with Crippen molar-refractivity contribution in [3.05, 3.63) is 59.5 Å². The summed E-state index contributed by atoms with van der Waals surface area (Å²) in [5, 5.41) is 5.90. The second kappa shape index (κ2) is 6.30. The van der Waals surface area contributed by atoms with Crippen molar-refractivity contribution in [2.75, 3.05) is 12.4 Å². The lowest BCUT2D eigenvalue weighted by Crippen LogP contribution is -1.98. The monoisotopic (exact) mass is 313 g/mol. The standard InChI is InChI=1S/C17H16ClN3O/c1-11(22-2)12-3-5-15-13(9-12)7-8-19-17(15)21-14-4-6-16(18)20-10-14/h3-11H,1-2H3,(H,19,21)/t11-/m0/s1. The van der Waals surface area contributed by atoms with Gasteiger partial charge in [-0.25, -0.2) is 9.97 Å². The fourth-order valence-corrected chi connectivity index (χ4v) is 2.38. The number of hydrogen-bond acceptors (Lipinski definition) is 4. The number of nitrogens with one attached hydrogen (secondary N) is 1. The first-order chi connectivity index (χ1) is 10.7. The lowest BCUT2D eigenvalue weighted by molar-refractivity contribution is 0.119. The van der Waals surface area contributed by atoms with Crippen LogP contribution in [-0.2, 0) is 4.74 Å². The number of aromatic nitrogens is 2. The van der Waals surface area contributed by atoms with Crippen LogP contribution in [0.25, 0.3) is 10.8 Å². The number of benzene rings is 1. The maximum Gasteiger partial charge on any atom is 0.138 e. The van der Waals surface area contributed by atoms with E-state index in [1.54, 1.807) is 25.6 Å². The third-order valence-corrected chi connectivity index (χ3v) is 3.83. The molecule has 0 bridgehead atoms. The molecule has 0 radical (unpaired) electrons. The molecule has 0 aliphatic rings. The SMILES string of the molecule is CO[C@@H](C)c1ccc2c(Nc3ccc(Cl)nc3)nccc2c1. The molecule has 0 spiro atoms. The molecule has 0 saturated heterocycles. The predicted molar refractivity (Wildman–Crippen MR) is 89.7 cm³/mol. The smallest absolute Gasteiger partial charge is 0.138 e. The maximum atomic E-state index is 5.80. The normalized spacial score (nSPS) is 12.3. The molecule has 0 unspecified atom stereocenters. The van der Waals surface area contributed by atoms with E-state index in [0.29, 0.717) is 5.15 Å². The topological polar surface area (TPSA) is 47.0 Å². The van der Waals surface area contributed by atoms with Crippen LogP contribution in [0.1, 0.15) is 18.6 Å². The van der Waals surface area contributed by atoms with Gasteiger partial charge < -0.3 is 10.1 Å². The molecular weight excluding hydrogens is 298 g/mol. The van der Waals surface area contributed by atoms with E-state index < -0.39 is 0 Å². The van der Waals surface area contributed by atoms with Crippen molar-refractivity contribution in [1.82, 2.24) is 9.97 Å². The van der Waals surface area contributed by atoms with Crippen LogP contribution in [0.15, 0.2) is 48.8 Å². The molecule has 0 saturated carbocycles. The Morgan fingerprint density at radius 1 is 1.14 bits per heavy atom. The molecule has 0 amide bonds. The molecule has 112 valence electrons. The van der Waals surface area contributed by atoms with Crippen LogP contribution in [0.5, 0.6) is 0 Å². The van der Waals surface area contributed by atoms with Gasteiger partial charge in [-0.15, -0.1) is 0 Å². The van der Waals surface area contributed by atoms with E-state index in [-0.39, 0.29) is 6.10 Å². The van der Waals surface area contributed by atoms with Crippen molar-refractivity contribution in [3.63, 3.8) is 0 Å². The minimum Gasteiger partial charge on any atom is -0.377 e. The van der Waals surface area contributed by atoms with Crippen LogP contribution in [0.4, 0.5) is 11.5 Å². The number of nitrogens with zero attached hydrogens (tertiary/aromatic N) is 2. The summed E-state index contributed by atoms with van der Waals surface area (Å²) in [6, 6.07) is 11.8. The molecule has 0 fully saturated rings. The summed E-state index contributed by atoms with van der Waals surface area (Å²) in [4.78, 5) is 8.48. The zero-order valence-corrected chi connectivity index (χ0v) is 13.1. The summed E-state index contributed by atoms with van der Waals surface area (Å²) in [6.45, 7) is 2.03. The Kier molecular flexibility index (Phi) is 4.22. The average Bonchev–Trinajstić information content (AvgIpc) is 2.56. The first-order valence-electron chi connectivity index (χ1n) is 6.97. The van der Waals surface area contributed by atoms with Gasteiger partial charge in [-0.2, -0.15) is 0 Å². The average molecular weight is 314 g/mol. The minimum absolute atomic E-state index is 0.0643. The van der Waals surface area contributed by atoms with Crippen molar-refractivity contribution in [3.8, 4) is 0 Å². The molecule has 5 heteroatoms. The van der Waals surface area contributed by atoms with Crippen molar-refractivity contribution >= 4 is 33.9 Å². The van der Waals surface area contributed by atoms with Gasteiger partial charge in [0.25, 0.3) is 0 Å². The second-order valence-corrected chi connectivity index (χ2v) is 5.40. The number of pyridine rings is 2. The summed E-state index contributed by atoms with van der Waals surface area (Å²) < 4.78 is 5.37. The summed E-state index contributed by atoms with van der Waals surface area (Å²) >= 11 is 5.80. The van der Waals surface area contributed by atoms with Crippen molar-refractivity contribution in [1.29, 1.82) is 0 Å². The van der Waals surface area contributed by atoms with Crippen LogP contribution in [0.3, 0.4) is 0 Å². The minimum atomic E-state index is 0.0643. The van der Waals surface area contributed by atoms with Crippen molar-refractivity contribution in [2.45, 2.75) is 13.0 Å². The Morgan fingerprint density at radius 2 is 2.00 bits per heavy atom. The molecule has 3 rings (SSSR count). The highest BCUT2D eigenvalue weighted by Gasteiger charge is 2.08. The van der Waals surface area contributed by atoms with Gasteiger partial charge in [-0.1, -0.05) is 23.7 Å². The van der Waals surface area contributed by atoms with Gasteiger partial charge in [0.05, 0.1) is 18.0 Å². The molecule has 0 aliphatic heterocycles. The van der Waals surface area contributed by atoms with Crippen molar-refractivity contribution < 1.29 is 4.74 Å². The third kappa shape index (κ3) is 3.03. The number of hydrogen-bond donors (Lipinski definition) is 1. The summed E-state index contributed by atoms with van der Waals surface area (Å²) in [6.07, 6.45) is 3.54. The summed E-state index contributed by atoms with van der Waals surface area (Å²) in [5.74, 6) is 0.790. The van der Waals surface area contributed by atoms with Crippen LogP contribution in [0.2, 0.25) is 5.15 Å². The fourth-order valence-electron chi connectivity index (χ4n) is 2.27. The fraction of sp³-hybridized carbons (Fsp3) is 0.176. The Bertz CT molecular complexity index is 790. The lowest BCUT2D eigenvalue weighted by Gasteiger charge is -2.13. The van der Waals surface area contributed by atoms with Crippen LogP contribution in [0, 0.1) is 0 Å². The molecule has 2 heterocycles. The largest absolute Gasteiger partial charge is 0.377 e. The quantitative estimate of drug-likeness (QED) is 0.707. The number of halogens is 1. The van der Waals surface area contributed by atoms with E-state index in [4.69, 9.17) is 16.3 Å². The number of fused-ring (bicyclic) bond motifs is 1. The van der Waals surface area contributed by atoms with E-state index in [1.807, 2.05) is 19.1 Å². The third-order valence-electron chi connectivity index (χ3n) is 3.60. The highest BCUT2D eigenvalue weighted by Crippen LogP contribution is 2.27. The summed E-state index contributed by atoms with van der Waals surface area (Å²) in [7, 11) is 1.71. The highest BCUT2D eigenvalue weighted by molar-refractivity contribution is 6.29. The van der Waals surface area contributed by atoms with Gasteiger partial charge in [-0.05, 0) is 42.1 Å². The van der Waals surface area contributed by atoms with Gasteiger partial charge in [0.15, 0.2) is 0 Å². The van der Waals surface area contributed by atoms with Gasteiger partial charge >= 0.3 is 0 Å². The number of ether oxygens (including phenoxy) is 1. The van der Waals surface area contributed by atoms with E-state index >= 15 is 0 Å². The van der Waals surface area contributed by atoms with Crippen LogP contribution < -0.4 is 5.32 Å². The van der Waals surface area contributed by atoms with Gasteiger partial charge in [-0.3, -0.25) is 0 Å². The highest BCUT2D eigenvalue weighted by atomic mass is 35.5. The maximum absolute atomic E-state index is 5.80. The molecule has 0 aliphatic carbocycles. The first kappa shape index (κ1) is 14.8. The van der Waals surface area contributed by atoms with Crippen molar-refractivity contribution in [2.24, 2.45) is 0 Å². The molecule has 1 atom stereocenters. The molecule has 4 nitrogen and oxygen atoms in total. The van der Waals surface area contributed by atoms with E-state index in [1.165, 1.54) is 0 Å². The predicted octanol–water partition coefficient (Wildman–Crippen LogP) is 4.73. The molecule has 1 aromatic carbocycles. The zero-order valence-electron chi connectivity index (χ0n) is 12.4. The molecule has 22 heavy (non-hydrogen) atoms. The van der Waals surface area contributed by atoms with Gasteiger partial charge in [0.1, 0.15) is 11.0 Å². The van der Waals surface area contributed by atoms with E-state index in [9.17, 15) is 0 Å². The molecule has 1 N–H and O–H groups in total. The summed E-state index contributed by atoms with van der Waals surface area (Å²) in [5.41, 5.74) is 1.99. The first-order valence-corrected chi connectivity index (χ1v) is 7.35. The Morgan fingerprint density at radius 3 is 2.73 bits per heavy atom. The Balaban J connectivity index is 1.98. The number of methoxy groups -OCH3 is 1. The zero-order chi connectivity index (χ0) is 15.5. The molecular formula is C17H16ClN3O. The Labute approximate surface area is 134 Å². The molecule has 3 aromatic rings. The molecule has 2 aromatic heterocycles. The Hall–Kier alpha value is -2.17. The van der Waals surface area contributed by atoms with E-state index in [2.05, 4.69) is 33.5 Å².